The molecule has 136 valence electrons. The number of hydrogen-bond acceptors (Lipinski definition) is 4. The number of thioether (sulfide) groups is 1. The van der Waals surface area contributed by atoms with Gasteiger partial charge in [-0.2, -0.15) is 18.2 Å². The molecule has 2 aliphatic rings. The third kappa shape index (κ3) is 3.69. The van der Waals surface area contributed by atoms with Crippen molar-refractivity contribution in [2.45, 2.75) is 30.8 Å². The van der Waals surface area contributed by atoms with Crippen molar-refractivity contribution in [3.05, 3.63) is 29.8 Å². The maximum absolute atomic E-state index is 13.0. The Hall–Kier alpha value is -1.55. The summed E-state index contributed by atoms with van der Waals surface area (Å²) in [6.07, 6.45) is -4.35. The summed E-state index contributed by atoms with van der Waals surface area (Å²) in [5.74, 6) is -0.639. The number of sulfone groups is 1. The molecule has 2 fully saturated rings. The molecule has 1 aromatic rings. The van der Waals surface area contributed by atoms with E-state index in [1.165, 1.54) is 17.0 Å². The van der Waals surface area contributed by atoms with Crippen LogP contribution in [0.4, 0.5) is 18.9 Å². The molecule has 0 unspecified atom stereocenters. The molecule has 0 radical (unpaired) electrons. The fourth-order valence-electron chi connectivity index (χ4n) is 2.88. The van der Waals surface area contributed by atoms with Gasteiger partial charge in [-0.3, -0.25) is 4.79 Å². The Balaban J connectivity index is 2.05. The molecule has 0 N–H and O–H groups in total. The Morgan fingerprint density at radius 2 is 2.08 bits per heavy atom. The van der Waals surface area contributed by atoms with E-state index in [4.69, 9.17) is 0 Å². The molecule has 0 aromatic heterocycles. The fraction of sp³-hybridized carbons (Fsp3) is 0.467. The molecule has 1 amide bonds. The van der Waals surface area contributed by atoms with Gasteiger partial charge in [0.05, 0.1) is 23.1 Å². The van der Waals surface area contributed by atoms with Gasteiger partial charge >= 0.3 is 6.18 Å². The molecule has 2 heterocycles. The van der Waals surface area contributed by atoms with Crippen LogP contribution in [0.3, 0.4) is 0 Å². The van der Waals surface area contributed by atoms with Crippen molar-refractivity contribution >= 4 is 38.4 Å². The van der Waals surface area contributed by atoms with Crippen LogP contribution in [-0.4, -0.2) is 42.3 Å². The summed E-state index contributed by atoms with van der Waals surface area (Å²) in [6.45, 7) is 1.63. The van der Waals surface area contributed by atoms with E-state index in [-0.39, 0.29) is 34.0 Å². The first kappa shape index (κ1) is 18.2. The zero-order chi connectivity index (χ0) is 18.4. The first-order valence-corrected chi connectivity index (χ1v) is 10.3. The lowest BCUT2D eigenvalue weighted by molar-refractivity contribution is -0.137. The number of fused-ring (bicyclic) bond motifs is 1. The molecule has 3 rings (SSSR count). The average Bonchev–Trinajstić information content (AvgIpc) is 2.97. The number of nitrogens with zero attached hydrogens (tertiary/aromatic N) is 2. The third-order valence-electron chi connectivity index (χ3n) is 4.04. The number of carbonyl (C=O) groups excluding carboxylic acids is 1. The highest BCUT2D eigenvalue weighted by Crippen LogP contribution is 2.42. The molecule has 25 heavy (non-hydrogen) atoms. The van der Waals surface area contributed by atoms with Crippen molar-refractivity contribution in [3.63, 3.8) is 0 Å². The summed E-state index contributed by atoms with van der Waals surface area (Å²) in [4.78, 5) is 17.1. The highest BCUT2D eigenvalue weighted by atomic mass is 32.2. The zero-order valence-electron chi connectivity index (χ0n) is 13.2. The molecule has 0 saturated carbocycles. The van der Waals surface area contributed by atoms with Gasteiger partial charge in [0, 0.05) is 17.4 Å². The standard InChI is InChI=1S/C15H15F3N2O3S2/c1-2-13(21)19-14-20(11-7-25(22,23)8-12(11)24-14)10-5-3-4-9(6-10)15(16,17)18/h3-6,11-12H,2,7-8H2,1H3/t11-,12-/m1/s1. The molecule has 2 atom stereocenters. The van der Waals surface area contributed by atoms with Crippen molar-refractivity contribution < 1.29 is 26.4 Å². The van der Waals surface area contributed by atoms with Gasteiger partial charge in [-0.15, -0.1) is 0 Å². The van der Waals surface area contributed by atoms with E-state index < -0.39 is 33.5 Å². The van der Waals surface area contributed by atoms with Gasteiger partial charge in [-0.1, -0.05) is 24.8 Å². The SMILES string of the molecule is CCC(=O)N=C1S[C@@H]2CS(=O)(=O)C[C@H]2N1c1cccc(C(F)(F)F)c1. The highest BCUT2D eigenvalue weighted by Gasteiger charge is 2.49. The molecule has 0 spiro atoms. The Morgan fingerprint density at radius 1 is 1.36 bits per heavy atom. The third-order valence-corrected chi connectivity index (χ3v) is 7.25. The molecular formula is C15H15F3N2O3S2. The van der Waals surface area contributed by atoms with Crippen LogP contribution in [0.1, 0.15) is 18.9 Å². The number of hydrogen-bond donors (Lipinski definition) is 0. The van der Waals surface area contributed by atoms with Crippen molar-refractivity contribution in [3.8, 4) is 0 Å². The summed E-state index contributed by atoms with van der Waals surface area (Å²) in [5, 5.41) is -0.0842. The Bertz CT molecular complexity index is 837. The lowest BCUT2D eigenvalue weighted by atomic mass is 10.1. The number of benzene rings is 1. The van der Waals surface area contributed by atoms with E-state index >= 15 is 0 Å². The molecule has 5 nitrogen and oxygen atoms in total. The van der Waals surface area contributed by atoms with Gasteiger partial charge in [-0.05, 0) is 18.2 Å². The number of rotatable bonds is 2. The molecule has 1 aromatic carbocycles. The van der Waals surface area contributed by atoms with Crippen molar-refractivity contribution in [1.29, 1.82) is 0 Å². The topological polar surface area (TPSA) is 66.8 Å². The molecule has 2 saturated heterocycles. The van der Waals surface area contributed by atoms with Crippen LogP contribution in [0, 0.1) is 0 Å². The van der Waals surface area contributed by atoms with Gasteiger partial charge in [0.15, 0.2) is 15.0 Å². The highest BCUT2D eigenvalue weighted by molar-refractivity contribution is 8.16. The Kier molecular flexibility index (Phi) is 4.61. The van der Waals surface area contributed by atoms with Gasteiger partial charge in [0.2, 0.25) is 5.91 Å². The first-order chi connectivity index (χ1) is 11.6. The number of amidine groups is 1. The summed E-state index contributed by atoms with van der Waals surface area (Å²) in [5.41, 5.74) is -0.643. The molecular weight excluding hydrogens is 377 g/mol. The maximum Gasteiger partial charge on any atom is 0.416 e. The molecule has 2 aliphatic heterocycles. The van der Waals surface area contributed by atoms with E-state index in [9.17, 15) is 26.4 Å². The number of amides is 1. The number of carbonyl (C=O) groups is 1. The van der Waals surface area contributed by atoms with Crippen LogP contribution in [0.5, 0.6) is 0 Å². The molecule has 0 aliphatic carbocycles. The largest absolute Gasteiger partial charge is 0.416 e. The van der Waals surface area contributed by atoms with Gasteiger partial charge in [0.25, 0.3) is 0 Å². The van der Waals surface area contributed by atoms with Crippen LogP contribution in [-0.2, 0) is 20.8 Å². The van der Waals surface area contributed by atoms with Crippen molar-refractivity contribution in [2.75, 3.05) is 16.4 Å². The number of anilines is 1. The predicted molar refractivity (Wildman–Crippen MR) is 90.5 cm³/mol. The van der Waals surface area contributed by atoms with Crippen LogP contribution in [0.15, 0.2) is 29.3 Å². The molecule has 10 heteroatoms. The summed E-state index contributed by atoms with van der Waals surface area (Å²) < 4.78 is 62.8. The van der Waals surface area contributed by atoms with Gasteiger partial charge < -0.3 is 4.90 Å². The summed E-state index contributed by atoms with van der Waals surface area (Å²) in [7, 11) is -3.27. The minimum Gasteiger partial charge on any atom is -0.316 e. The summed E-state index contributed by atoms with van der Waals surface area (Å²) in [6, 6.07) is 4.11. The summed E-state index contributed by atoms with van der Waals surface area (Å²) >= 11 is 1.14. The number of halogens is 3. The minimum atomic E-state index is -4.51. The van der Waals surface area contributed by atoms with Crippen molar-refractivity contribution in [1.82, 2.24) is 0 Å². The lowest BCUT2D eigenvalue weighted by Gasteiger charge is -2.25. The second kappa shape index (κ2) is 6.31. The van der Waals surface area contributed by atoms with E-state index in [1.807, 2.05) is 0 Å². The normalized spacial score (nSPS) is 26.9. The lowest BCUT2D eigenvalue weighted by Crippen LogP contribution is -2.37. The average molecular weight is 392 g/mol. The van der Waals surface area contributed by atoms with Crippen LogP contribution in [0.2, 0.25) is 0 Å². The predicted octanol–water partition coefficient (Wildman–Crippen LogP) is 2.72. The first-order valence-electron chi connectivity index (χ1n) is 7.56. The van der Waals surface area contributed by atoms with E-state index in [2.05, 4.69) is 4.99 Å². The second-order valence-electron chi connectivity index (χ2n) is 5.86. The Morgan fingerprint density at radius 3 is 2.72 bits per heavy atom. The zero-order valence-corrected chi connectivity index (χ0v) is 14.8. The smallest absolute Gasteiger partial charge is 0.316 e. The van der Waals surface area contributed by atoms with Crippen LogP contribution >= 0.6 is 11.8 Å². The quantitative estimate of drug-likeness (QED) is 0.774. The van der Waals surface area contributed by atoms with Crippen LogP contribution in [0.25, 0.3) is 0 Å². The second-order valence-corrected chi connectivity index (χ2v) is 9.22. The van der Waals surface area contributed by atoms with Crippen LogP contribution < -0.4 is 4.90 Å². The van der Waals surface area contributed by atoms with Gasteiger partial charge in [-0.25, -0.2) is 8.42 Å². The number of alkyl halides is 3. The Labute approximate surface area is 147 Å². The van der Waals surface area contributed by atoms with E-state index in [1.54, 1.807) is 6.92 Å². The number of aliphatic imine (C=N–C) groups is 1. The monoisotopic (exact) mass is 392 g/mol. The molecule has 0 bridgehead atoms. The van der Waals surface area contributed by atoms with Crippen molar-refractivity contribution in [2.24, 2.45) is 4.99 Å². The maximum atomic E-state index is 13.0. The van der Waals surface area contributed by atoms with E-state index in [0.717, 1.165) is 23.9 Å². The van der Waals surface area contributed by atoms with E-state index in [0.29, 0.717) is 0 Å². The van der Waals surface area contributed by atoms with Gasteiger partial charge in [0.1, 0.15) is 0 Å². The minimum absolute atomic E-state index is 0.0723. The fourth-order valence-corrected chi connectivity index (χ4v) is 6.82.